The third kappa shape index (κ3) is 3.65. The van der Waals surface area contributed by atoms with Crippen molar-refractivity contribution in [2.75, 3.05) is 11.9 Å². The van der Waals surface area contributed by atoms with Gasteiger partial charge in [-0.3, -0.25) is 9.59 Å². The molecule has 0 bridgehead atoms. The number of carbonyl (C=O) groups is 2. The average Bonchev–Trinajstić information content (AvgIpc) is 3.08. The minimum absolute atomic E-state index is 0.262. The molecule has 1 heterocycles. The first-order chi connectivity index (χ1) is 12.0. The predicted octanol–water partition coefficient (Wildman–Crippen LogP) is 3.35. The van der Waals surface area contributed by atoms with Crippen LogP contribution < -0.4 is 5.32 Å². The van der Waals surface area contributed by atoms with Crippen LogP contribution in [0.15, 0.2) is 42.5 Å². The van der Waals surface area contributed by atoms with Crippen LogP contribution in [0.3, 0.4) is 0 Å². The molecule has 1 atom stereocenters. The highest BCUT2D eigenvalue weighted by Crippen LogP contribution is 2.23. The molecule has 1 aliphatic rings. The first kappa shape index (κ1) is 17.0. The van der Waals surface area contributed by atoms with Crippen LogP contribution >= 0.6 is 0 Å². The van der Waals surface area contributed by atoms with E-state index in [-0.39, 0.29) is 11.3 Å². The molecule has 1 saturated heterocycles. The number of amides is 2. The number of carbonyl (C=O) groups excluding carboxylic acids is 2. The van der Waals surface area contributed by atoms with E-state index in [0.717, 1.165) is 18.2 Å². The molecule has 7 heteroatoms. The van der Waals surface area contributed by atoms with Crippen molar-refractivity contribution >= 4 is 17.5 Å². The molecule has 130 valence electrons. The molecule has 0 saturated carbocycles. The van der Waals surface area contributed by atoms with Gasteiger partial charge in [0.1, 0.15) is 23.5 Å². The zero-order valence-corrected chi connectivity index (χ0v) is 13.1. The van der Waals surface area contributed by atoms with Gasteiger partial charge in [0, 0.05) is 18.2 Å². The van der Waals surface area contributed by atoms with Crippen molar-refractivity contribution in [2.45, 2.75) is 18.9 Å². The first-order valence-electron chi connectivity index (χ1n) is 7.78. The van der Waals surface area contributed by atoms with Crippen molar-refractivity contribution in [3.05, 3.63) is 65.5 Å². The van der Waals surface area contributed by atoms with Crippen LogP contribution in [0.2, 0.25) is 0 Å². The van der Waals surface area contributed by atoms with E-state index in [4.69, 9.17) is 0 Å². The lowest BCUT2D eigenvalue weighted by atomic mass is 10.1. The summed E-state index contributed by atoms with van der Waals surface area (Å²) >= 11 is 0. The summed E-state index contributed by atoms with van der Waals surface area (Å²) in [5.74, 6) is -2.89. The van der Waals surface area contributed by atoms with E-state index in [9.17, 15) is 22.8 Å². The molecule has 1 aliphatic heterocycles. The summed E-state index contributed by atoms with van der Waals surface area (Å²) < 4.78 is 39.9. The molecule has 2 aromatic carbocycles. The van der Waals surface area contributed by atoms with E-state index >= 15 is 0 Å². The lowest BCUT2D eigenvalue weighted by Gasteiger charge is -2.24. The maximum Gasteiger partial charge on any atom is 0.254 e. The van der Waals surface area contributed by atoms with Gasteiger partial charge in [0.2, 0.25) is 5.91 Å². The van der Waals surface area contributed by atoms with Crippen LogP contribution in [0, 0.1) is 17.5 Å². The first-order valence-corrected chi connectivity index (χ1v) is 7.78. The van der Waals surface area contributed by atoms with Crippen LogP contribution in [0.4, 0.5) is 18.9 Å². The number of hydrogen-bond acceptors (Lipinski definition) is 2. The Hall–Kier alpha value is -2.83. The largest absolute Gasteiger partial charge is 0.327 e. The summed E-state index contributed by atoms with van der Waals surface area (Å²) in [5, 5.41) is 2.33. The number of nitrogens with one attached hydrogen (secondary N) is 1. The molecule has 2 amide bonds. The molecular formula is C18H15F3N2O2. The number of nitrogens with zero attached hydrogens (tertiary/aromatic N) is 1. The SMILES string of the molecule is O=C(Nc1cc(F)ccc1F)[C@@H]1CCCN1C(=O)c1ccc(F)cc1. The van der Waals surface area contributed by atoms with Gasteiger partial charge in [0.05, 0.1) is 5.69 Å². The van der Waals surface area contributed by atoms with E-state index in [2.05, 4.69) is 5.32 Å². The van der Waals surface area contributed by atoms with Gasteiger partial charge in [-0.1, -0.05) is 0 Å². The molecule has 1 N–H and O–H groups in total. The molecule has 0 unspecified atom stereocenters. The van der Waals surface area contributed by atoms with Crippen molar-refractivity contribution in [3.8, 4) is 0 Å². The number of hydrogen-bond donors (Lipinski definition) is 1. The van der Waals surface area contributed by atoms with Crippen LogP contribution in [-0.2, 0) is 4.79 Å². The topological polar surface area (TPSA) is 49.4 Å². The van der Waals surface area contributed by atoms with Crippen LogP contribution in [0.1, 0.15) is 23.2 Å². The summed E-state index contributed by atoms with van der Waals surface area (Å²) in [5.41, 5.74) is -0.0101. The number of halogens is 3. The smallest absolute Gasteiger partial charge is 0.254 e. The standard InChI is InChI=1S/C18H15F3N2O2/c19-12-5-3-11(4-6-12)18(25)23-9-1-2-16(23)17(24)22-15-10-13(20)7-8-14(15)21/h3-8,10,16H,1-2,9H2,(H,22,24)/t16-/m0/s1. The maximum atomic E-state index is 13.7. The molecule has 0 spiro atoms. The highest BCUT2D eigenvalue weighted by atomic mass is 19.1. The molecule has 0 aliphatic carbocycles. The Morgan fingerprint density at radius 2 is 1.68 bits per heavy atom. The second-order valence-corrected chi connectivity index (χ2v) is 5.78. The highest BCUT2D eigenvalue weighted by molar-refractivity contribution is 6.01. The van der Waals surface area contributed by atoms with E-state index in [0.29, 0.717) is 19.4 Å². The maximum absolute atomic E-state index is 13.7. The molecule has 3 rings (SSSR count). The van der Waals surface area contributed by atoms with Crippen molar-refractivity contribution < 1.29 is 22.8 Å². The molecule has 2 aromatic rings. The third-order valence-corrected chi connectivity index (χ3v) is 4.09. The van der Waals surface area contributed by atoms with Gasteiger partial charge in [-0.2, -0.15) is 0 Å². The Morgan fingerprint density at radius 1 is 1.00 bits per heavy atom. The number of likely N-dealkylation sites (tertiary alicyclic amines) is 1. The molecule has 25 heavy (non-hydrogen) atoms. The molecule has 1 fully saturated rings. The molecule has 0 radical (unpaired) electrons. The Labute approximate surface area is 142 Å². The van der Waals surface area contributed by atoms with Crippen LogP contribution in [0.25, 0.3) is 0 Å². The summed E-state index contributed by atoms with van der Waals surface area (Å²) in [6, 6.07) is 6.98. The summed E-state index contributed by atoms with van der Waals surface area (Å²) in [6.07, 6.45) is 1.02. The highest BCUT2D eigenvalue weighted by Gasteiger charge is 2.34. The Morgan fingerprint density at radius 3 is 2.40 bits per heavy atom. The number of rotatable bonds is 3. The Bertz CT molecular complexity index is 808. The van der Waals surface area contributed by atoms with Crippen molar-refractivity contribution in [2.24, 2.45) is 0 Å². The lowest BCUT2D eigenvalue weighted by Crippen LogP contribution is -2.43. The van der Waals surface area contributed by atoms with Gasteiger partial charge >= 0.3 is 0 Å². The van der Waals surface area contributed by atoms with Gasteiger partial charge in [0.15, 0.2) is 0 Å². The van der Waals surface area contributed by atoms with Crippen molar-refractivity contribution in [1.29, 1.82) is 0 Å². The van der Waals surface area contributed by atoms with E-state index in [1.54, 1.807) is 0 Å². The summed E-state index contributed by atoms with van der Waals surface area (Å²) in [7, 11) is 0. The van der Waals surface area contributed by atoms with Gasteiger partial charge in [-0.05, 0) is 49.2 Å². The lowest BCUT2D eigenvalue weighted by molar-refractivity contribution is -0.119. The predicted molar refractivity (Wildman–Crippen MR) is 85.4 cm³/mol. The Kier molecular flexibility index (Phi) is 4.74. The number of benzene rings is 2. The molecule has 4 nitrogen and oxygen atoms in total. The summed E-state index contributed by atoms with van der Waals surface area (Å²) in [6.45, 7) is 0.361. The van der Waals surface area contributed by atoms with Gasteiger partial charge in [-0.25, -0.2) is 13.2 Å². The zero-order chi connectivity index (χ0) is 18.0. The minimum Gasteiger partial charge on any atom is -0.327 e. The van der Waals surface area contributed by atoms with Crippen molar-refractivity contribution in [3.63, 3.8) is 0 Å². The third-order valence-electron chi connectivity index (χ3n) is 4.09. The second-order valence-electron chi connectivity index (χ2n) is 5.78. The molecular weight excluding hydrogens is 333 g/mol. The normalized spacial score (nSPS) is 16.8. The Balaban J connectivity index is 1.76. The fourth-order valence-corrected chi connectivity index (χ4v) is 2.85. The van der Waals surface area contributed by atoms with Crippen LogP contribution in [-0.4, -0.2) is 29.3 Å². The van der Waals surface area contributed by atoms with Crippen LogP contribution in [0.5, 0.6) is 0 Å². The van der Waals surface area contributed by atoms with Gasteiger partial charge < -0.3 is 10.2 Å². The van der Waals surface area contributed by atoms with E-state index in [1.165, 1.54) is 29.2 Å². The average molecular weight is 348 g/mol. The molecule has 0 aromatic heterocycles. The quantitative estimate of drug-likeness (QED) is 0.925. The van der Waals surface area contributed by atoms with E-state index < -0.39 is 35.3 Å². The van der Waals surface area contributed by atoms with Crippen molar-refractivity contribution in [1.82, 2.24) is 4.90 Å². The second kappa shape index (κ2) is 6.96. The minimum atomic E-state index is -0.791. The fraction of sp³-hybridized carbons (Fsp3) is 0.222. The zero-order valence-electron chi connectivity index (χ0n) is 13.1. The van der Waals surface area contributed by atoms with Gasteiger partial charge in [0.25, 0.3) is 5.91 Å². The summed E-state index contributed by atoms with van der Waals surface area (Å²) in [4.78, 5) is 26.3. The fourth-order valence-electron chi connectivity index (χ4n) is 2.85. The van der Waals surface area contributed by atoms with Gasteiger partial charge in [-0.15, -0.1) is 0 Å². The monoisotopic (exact) mass is 348 g/mol. The number of anilines is 1. The van der Waals surface area contributed by atoms with E-state index in [1.807, 2.05) is 0 Å².